The number of halogens is 1. The van der Waals surface area contributed by atoms with Gasteiger partial charge >= 0.3 is 5.97 Å². The highest BCUT2D eigenvalue weighted by Crippen LogP contribution is 2.20. The van der Waals surface area contributed by atoms with Gasteiger partial charge < -0.3 is 52.3 Å². The van der Waals surface area contributed by atoms with Crippen molar-refractivity contribution in [2.75, 3.05) is 52.9 Å². The molecule has 18 nitrogen and oxygen atoms in total. The maximum absolute atomic E-state index is 13.7. The molecule has 1 aliphatic heterocycles. The van der Waals surface area contributed by atoms with E-state index in [0.29, 0.717) is 6.42 Å². The van der Waals surface area contributed by atoms with Crippen molar-refractivity contribution >= 4 is 64.7 Å². The van der Waals surface area contributed by atoms with E-state index in [1.165, 1.54) is 21.0 Å². The highest BCUT2D eigenvalue weighted by Gasteiger charge is 2.33. The summed E-state index contributed by atoms with van der Waals surface area (Å²) >= 11 is 0. The van der Waals surface area contributed by atoms with E-state index in [4.69, 9.17) is 4.74 Å². The number of benzene rings is 1. The van der Waals surface area contributed by atoms with Gasteiger partial charge in [0.15, 0.2) is 0 Å². The largest absolute Gasteiger partial charge is 0.467 e. The number of ether oxygens (including phenoxy) is 1. The van der Waals surface area contributed by atoms with Gasteiger partial charge in [0.25, 0.3) is 0 Å². The number of esters is 1. The molecule has 1 aromatic heterocycles. The lowest BCUT2D eigenvalue weighted by molar-refractivity contribution is -0.145. The molecule has 0 radical (unpaired) electrons. The van der Waals surface area contributed by atoms with Crippen molar-refractivity contribution in [2.24, 2.45) is 17.8 Å². The summed E-state index contributed by atoms with van der Waals surface area (Å²) in [6.07, 6.45) is 5.62. The van der Waals surface area contributed by atoms with Crippen molar-refractivity contribution in [3.63, 3.8) is 0 Å². The zero-order chi connectivity index (χ0) is 48.1. The molecule has 19 heteroatoms. The second kappa shape index (κ2) is 29.8. The van der Waals surface area contributed by atoms with E-state index in [9.17, 15) is 33.6 Å². The average Bonchev–Trinajstić information content (AvgIpc) is 3.65. The molecular weight excluding hydrogens is 868 g/mol. The molecule has 0 unspecified atom stereocenters. The number of aromatic nitrogens is 1. The van der Waals surface area contributed by atoms with Gasteiger partial charge in [-0.25, -0.2) is 4.79 Å². The monoisotopic (exact) mass is 947 g/mol. The number of H-pyrrole nitrogens is 1. The summed E-state index contributed by atoms with van der Waals surface area (Å²) in [6, 6.07) is 1.38. The minimum atomic E-state index is -1.12. The second-order valence-electron chi connectivity index (χ2n) is 18.6. The van der Waals surface area contributed by atoms with Gasteiger partial charge in [0.05, 0.1) is 13.7 Å². The van der Waals surface area contributed by atoms with Crippen molar-refractivity contribution in [3.8, 4) is 0 Å². The number of hydrogen-bond donors (Lipinski definition) is 9. The molecule has 1 aromatic carbocycles. The third-order valence-corrected chi connectivity index (χ3v) is 11.2. The summed E-state index contributed by atoms with van der Waals surface area (Å²) in [4.78, 5) is 99.7. The van der Waals surface area contributed by atoms with Gasteiger partial charge in [0.1, 0.15) is 36.3 Å². The van der Waals surface area contributed by atoms with Gasteiger partial charge in [0.2, 0.25) is 35.4 Å². The van der Waals surface area contributed by atoms with Crippen molar-refractivity contribution in [1.82, 2.24) is 52.4 Å². The van der Waals surface area contributed by atoms with Crippen LogP contribution in [-0.4, -0.2) is 140 Å². The molecule has 372 valence electrons. The standard InChI is InChI=1S/C47H78N10O8.ClH/c1-29(2)23-37(53-41(58)28-57-21-13-19-48-17-12-18-49-20-14-22-57)44(61)51-32(7)42(59)54-38(24-30(3)4)45(62)52-33(8)43(60)55-39(25-31(5)6)46(63)56-40(47(64)65-9)26-34-27-50-36-16-11-10-15-35(34)36;/h10-11,15-16,27,29-33,37-40,48-50H,12-14,17-26,28H2,1-9H3,(H,51,61)(H,52,62)(H,53,58)(H,54,59)(H,55,60)(H,56,63);1H/t32-,33-,37-,38-,39-,40-;/m0./s1. The number of methoxy groups -OCH3 is 1. The number of hydrogen-bond acceptors (Lipinski definition) is 11. The smallest absolute Gasteiger partial charge is 0.328 e. The maximum atomic E-state index is 13.7. The molecule has 1 fully saturated rings. The lowest BCUT2D eigenvalue weighted by Crippen LogP contribution is -2.59. The molecule has 0 aliphatic carbocycles. The van der Waals surface area contributed by atoms with Gasteiger partial charge in [-0.2, -0.15) is 0 Å². The Morgan fingerprint density at radius 3 is 1.52 bits per heavy atom. The normalized spacial score (nSPS) is 16.8. The first-order chi connectivity index (χ1) is 30.9. The lowest BCUT2D eigenvalue weighted by atomic mass is 10.0. The molecule has 0 bridgehead atoms. The predicted octanol–water partition coefficient (Wildman–Crippen LogP) is 2.06. The number of nitrogens with zero attached hydrogens (tertiary/aromatic N) is 1. The summed E-state index contributed by atoms with van der Waals surface area (Å²) in [5.41, 5.74) is 1.68. The number of carbonyl (C=O) groups excluding carboxylic acids is 7. The Labute approximate surface area is 397 Å². The predicted molar refractivity (Wildman–Crippen MR) is 259 cm³/mol. The molecule has 1 saturated heterocycles. The third kappa shape index (κ3) is 20.4. The van der Waals surface area contributed by atoms with Gasteiger partial charge in [-0.1, -0.05) is 59.7 Å². The van der Waals surface area contributed by atoms with Crippen molar-refractivity contribution in [2.45, 2.75) is 137 Å². The first-order valence-electron chi connectivity index (χ1n) is 23.5. The first-order valence-corrected chi connectivity index (χ1v) is 23.5. The highest BCUT2D eigenvalue weighted by atomic mass is 35.5. The summed E-state index contributed by atoms with van der Waals surface area (Å²) in [7, 11) is 1.24. The van der Waals surface area contributed by atoms with Crippen molar-refractivity contribution < 1.29 is 38.3 Å². The van der Waals surface area contributed by atoms with Crippen LogP contribution >= 0.6 is 12.4 Å². The first kappa shape index (κ1) is 57.3. The fraction of sp³-hybridized carbons (Fsp3) is 0.681. The van der Waals surface area contributed by atoms with Crippen LogP contribution in [0.4, 0.5) is 0 Å². The quantitative estimate of drug-likeness (QED) is 0.0774. The van der Waals surface area contributed by atoms with Crippen LogP contribution in [0.25, 0.3) is 10.9 Å². The number of carbonyl (C=O) groups is 7. The van der Waals surface area contributed by atoms with Gasteiger partial charge in [-0.15, -0.1) is 12.4 Å². The van der Waals surface area contributed by atoms with E-state index < -0.39 is 71.8 Å². The van der Waals surface area contributed by atoms with Crippen molar-refractivity contribution in [3.05, 3.63) is 36.0 Å². The van der Waals surface area contributed by atoms with Gasteiger partial charge in [-0.3, -0.25) is 33.7 Å². The van der Waals surface area contributed by atoms with E-state index in [0.717, 1.165) is 75.0 Å². The minimum Gasteiger partial charge on any atom is -0.467 e. The molecule has 66 heavy (non-hydrogen) atoms. The van der Waals surface area contributed by atoms with E-state index in [1.54, 1.807) is 6.20 Å². The Morgan fingerprint density at radius 2 is 1.03 bits per heavy atom. The lowest BCUT2D eigenvalue weighted by Gasteiger charge is -2.27. The SMILES string of the molecule is COC(=O)[C@H](Cc1c[nH]c2ccccc12)NC(=O)[C@H](CC(C)C)NC(=O)[C@H](C)NC(=O)[C@H](CC(C)C)NC(=O)[C@H](C)NC(=O)[C@H](CC(C)C)NC(=O)CN1CCCNCCCNCCC1.Cl. The molecule has 2 aromatic rings. The maximum Gasteiger partial charge on any atom is 0.328 e. The number of rotatable bonds is 22. The van der Waals surface area contributed by atoms with Crippen LogP contribution in [0, 0.1) is 17.8 Å². The van der Waals surface area contributed by atoms with E-state index in [1.807, 2.05) is 65.8 Å². The average molecular weight is 948 g/mol. The molecule has 9 N–H and O–H groups in total. The second-order valence-corrected chi connectivity index (χ2v) is 18.6. The molecule has 2 heterocycles. The minimum absolute atomic E-state index is 0. The highest BCUT2D eigenvalue weighted by molar-refractivity contribution is 5.97. The van der Waals surface area contributed by atoms with E-state index in [2.05, 4.69) is 52.4 Å². The van der Waals surface area contributed by atoms with E-state index in [-0.39, 0.29) is 61.9 Å². The fourth-order valence-electron chi connectivity index (χ4n) is 7.75. The summed E-state index contributed by atoms with van der Waals surface area (Å²) in [6.45, 7) is 19.7. The molecule has 6 amide bonds. The Kier molecular flexibility index (Phi) is 25.9. The Balaban J connectivity index is 0.0000150. The Bertz CT molecular complexity index is 1850. The van der Waals surface area contributed by atoms with E-state index >= 15 is 0 Å². The van der Waals surface area contributed by atoms with Crippen LogP contribution in [0.3, 0.4) is 0 Å². The van der Waals surface area contributed by atoms with Crippen LogP contribution < -0.4 is 42.5 Å². The molecule has 6 atom stereocenters. The zero-order valence-electron chi connectivity index (χ0n) is 40.6. The molecular formula is C47H79ClN10O8. The number of amides is 6. The van der Waals surface area contributed by atoms with Gasteiger partial charge in [-0.05, 0) is 121 Å². The number of fused-ring (bicyclic) bond motifs is 1. The van der Waals surface area contributed by atoms with Crippen LogP contribution in [-0.2, 0) is 44.7 Å². The number of para-hydroxylation sites is 1. The third-order valence-electron chi connectivity index (χ3n) is 11.2. The summed E-state index contributed by atoms with van der Waals surface area (Å²) < 4.78 is 5.02. The molecule has 0 saturated carbocycles. The molecule has 1 aliphatic rings. The fourth-order valence-corrected chi connectivity index (χ4v) is 7.75. The zero-order valence-corrected chi connectivity index (χ0v) is 41.4. The van der Waals surface area contributed by atoms with Crippen LogP contribution in [0.2, 0.25) is 0 Å². The Morgan fingerprint density at radius 1 is 0.591 bits per heavy atom. The topological polar surface area (TPSA) is 244 Å². The summed E-state index contributed by atoms with van der Waals surface area (Å²) in [5.74, 6) is -3.90. The Hall–Kier alpha value is -4.78. The number of nitrogens with one attached hydrogen (secondary N) is 9. The molecule has 0 spiro atoms. The molecule has 3 rings (SSSR count). The van der Waals surface area contributed by atoms with Crippen LogP contribution in [0.15, 0.2) is 30.5 Å². The van der Waals surface area contributed by atoms with Gasteiger partial charge in [0, 0.05) is 23.5 Å². The summed E-state index contributed by atoms with van der Waals surface area (Å²) in [5, 5.41) is 24.3. The van der Waals surface area contributed by atoms with Crippen molar-refractivity contribution in [1.29, 1.82) is 0 Å². The number of aromatic amines is 1. The van der Waals surface area contributed by atoms with Crippen LogP contribution in [0.5, 0.6) is 0 Å². The van der Waals surface area contributed by atoms with Crippen LogP contribution in [0.1, 0.15) is 99.5 Å².